The van der Waals surface area contributed by atoms with Crippen LogP contribution >= 0.6 is 0 Å². The molecular weight excluding hydrogens is 279 g/mol. The van der Waals surface area contributed by atoms with E-state index < -0.39 is 11.7 Å². The largest absolute Gasteiger partial charge is 0.417 e. The van der Waals surface area contributed by atoms with Crippen molar-refractivity contribution in [1.82, 2.24) is 5.32 Å². The van der Waals surface area contributed by atoms with E-state index in [1.807, 2.05) is 11.9 Å². The van der Waals surface area contributed by atoms with Crippen LogP contribution in [0.3, 0.4) is 0 Å². The molecule has 1 heterocycles. The quantitative estimate of drug-likeness (QED) is 0.932. The first-order valence-corrected chi connectivity index (χ1v) is 6.96. The molecule has 21 heavy (non-hydrogen) atoms. The highest BCUT2D eigenvalue weighted by molar-refractivity contribution is 5.55. The lowest BCUT2D eigenvalue weighted by atomic mass is 9.96. The zero-order chi connectivity index (χ0) is 15.5. The van der Waals surface area contributed by atoms with Gasteiger partial charge in [0.2, 0.25) is 0 Å². The molecular formula is C15H18F3N3. The van der Waals surface area contributed by atoms with Crippen LogP contribution in [0.4, 0.5) is 18.9 Å². The fraction of sp³-hybridized carbons (Fsp3) is 0.533. The molecule has 6 heteroatoms. The molecule has 1 aromatic carbocycles. The van der Waals surface area contributed by atoms with E-state index in [2.05, 4.69) is 5.32 Å². The van der Waals surface area contributed by atoms with Crippen LogP contribution in [-0.4, -0.2) is 26.7 Å². The summed E-state index contributed by atoms with van der Waals surface area (Å²) >= 11 is 0. The smallest absolute Gasteiger partial charge is 0.372 e. The highest BCUT2D eigenvalue weighted by Crippen LogP contribution is 2.35. The van der Waals surface area contributed by atoms with Gasteiger partial charge in [-0.1, -0.05) is 0 Å². The van der Waals surface area contributed by atoms with Crippen LogP contribution < -0.4 is 10.2 Å². The zero-order valence-electron chi connectivity index (χ0n) is 11.9. The second-order valence-corrected chi connectivity index (χ2v) is 5.33. The fourth-order valence-corrected chi connectivity index (χ4v) is 2.74. The molecule has 1 aliphatic heterocycles. The van der Waals surface area contributed by atoms with Gasteiger partial charge in [0, 0.05) is 18.8 Å². The van der Waals surface area contributed by atoms with E-state index in [4.69, 9.17) is 5.26 Å². The molecule has 0 radical (unpaired) electrons. The third kappa shape index (κ3) is 3.67. The van der Waals surface area contributed by atoms with Gasteiger partial charge in [0.05, 0.1) is 17.2 Å². The summed E-state index contributed by atoms with van der Waals surface area (Å²) in [5.41, 5.74) is -0.625. The van der Waals surface area contributed by atoms with E-state index in [-0.39, 0.29) is 5.56 Å². The molecule has 1 fully saturated rings. The Balaban J connectivity index is 2.17. The average molecular weight is 297 g/mol. The fourth-order valence-electron chi connectivity index (χ4n) is 2.74. The van der Waals surface area contributed by atoms with Crippen LogP contribution in [0.1, 0.15) is 24.0 Å². The van der Waals surface area contributed by atoms with Crippen molar-refractivity contribution in [3.05, 3.63) is 29.3 Å². The molecule has 1 saturated heterocycles. The number of nitrogens with one attached hydrogen (secondary N) is 1. The monoisotopic (exact) mass is 297 g/mol. The van der Waals surface area contributed by atoms with E-state index in [0.29, 0.717) is 11.6 Å². The molecule has 0 atom stereocenters. The molecule has 0 unspecified atom stereocenters. The van der Waals surface area contributed by atoms with Crippen LogP contribution in [0.2, 0.25) is 0 Å². The van der Waals surface area contributed by atoms with Gasteiger partial charge in [-0.2, -0.15) is 18.4 Å². The van der Waals surface area contributed by atoms with E-state index in [1.54, 1.807) is 12.1 Å². The number of piperidine rings is 1. The van der Waals surface area contributed by atoms with Crippen molar-refractivity contribution in [2.24, 2.45) is 5.92 Å². The van der Waals surface area contributed by atoms with Gasteiger partial charge in [-0.15, -0.1) is 0 Å². The maximum Gasteiger partial charge on any atom is 0.417 e. The number of hydrogen-bond acceptors (Lipinski definition) is 3. The summed E-state index contributed by atoms with van der Waals surface area (Å²) in [6.45, 7) is 2.43. The minimum atomic E-state index is -4.49. The lowest BCUT2D eigenvalue weighted by Gasteiger charge is -2.34. The molecule has 0 spiro atoms. The predicted octanol–water partition coefficient (Wildman–Crippen LogP) is 3.01. The Bertz CT molecular complexity index is 526. The van der Waals surface area contributed by atoms with Crippen molar-refractivity contribution in [1.29, 1.82) is 5.26 Å². The van der Waals surface area contributed by atoms with Crippen LogP contribution in [0, 0.1) is 17.2 Å². The molecule has 2 rings (SSSR count). The molecule has 0 aromatic heterocycles. The first kappa shape index (κ1) is 15.6. The Kier molecular flexibility index (Phi) is 4.73. The van der Waals surface area contributed by atoms with Crippen LogP contribution in [-0.2, 0) is 6.18 Å². The normalized spacial score (nSPS) is 16.8. The summed E-state index contributed by atoms with van der Waals surface area (Å²) in [5.74, 6) is 0.576. The van der Waals surface area contributed by atoms with E-state index in [1.165, 1.54) is 6.07 Å². The van der Waals surface area contributed by atoms with Crippen molar-refractivity contribution >= 4 is 5.69 Å². The van der Waals surface area contributed by atoms with Gasteiger partial charge in [0.1, 0.15) is 0 Å². The van der Waals surface area contributed by atoms with E-state index >= 15 is 0 Å². The third-order valence-corrected chi connectivity index (χ3v) is 3.90. The maximum atomic E-state index is 13.0. The number of halogens is 3. The minimum Gasteiger partial charge on any atom is -0.372 e. The van der Waals surface area contributed by atoms with Crippen LogP contribution in [0.25, 0.3) is 0 Å². The van der Waals surface area contributed by atoms with Gasteiger partial charge in [-0.3, -0.25) is 0 Å². The number of alkyl halides is 3. The second-order valence-electron chi connectivity index (χ2n) is 5.33. The number of benzene rings is 1. The van der Waals surface area contributed by atoms with Gasteiger partial charge in [-0.25, -0.2) is 0 Å². The van der Waals surface area contributed by atoms with Crippen LogP contribution in [0.15, 0.2) is 18.2 Å². The van der Waals surface area contributed by atoms with Crippen LogP contribution in [0.5, 0.6) is 0 Å². The van der Waals surface area contributed by atoms with Gasteiger partial charge in [0.15, 0.2) is 0 Å². The van der Waals surface area contributed by atoms with Gasteiger partial charge < -0.3 is 10.2 Å². The number of nitriles is 1. The van der Waals surface area contributed by atoms with Crippen molar-refractivity contribution in [2.75, 3.05) is 31.6 Å². The van der Waals surface area contributed by atoms with E-state index in [0.717, 1.165) is 38.5 Å². The summed E-state index contributed by atoms with van der Waals surface area (Å²) in [7, 11) is 1.91. The first-order chi connectivity index (χ1) is 9.95. The molecule has 0 aliphatic carbocycles. The van der Waals surface area contributed by atoms with Gasteiger partial charge >= 0.3 is 6.18 Å². The minimum absolute atomic E-state index is 0.323. The SMILES string of the molecule is CNCC1CCN(c2ccc(C#N)c(C(F)(F)F)c2)CC1. The molecule has 1 aliphatic rings. The van der Waals surface area contributed by atoms with Crippen molar-refractivity contribution in [3.8, 4) is 6.07 Å². The highest BCUT2D eigenvalue weighted by Gasteiger charge is 2.34. The Hall–Kier alpha value is -1.74. The summed E-state index contributed by atoms with van der Waals surface area (Å²) in [4.78, 5) is 1.96. The standard InChI is InChI=1S/C15H18F3N3/c1-20-10-11-4-6-21(7-5-11)13-3-2-12(9-19)14(8-13)15(16,17)18/h2-3,8,11,20H,4-7,10H2,1H3. The zero-order valence-corrected chi connectivity index (χ0v) is 11.9. The molecule has 0 bridgehead atoms. The summed E-state index contributed by atoms with van der Waals surface area (Å²) in [6.07, 6.45) is -2.57. The molecule has 3 nitrogen and oxygen atoms in total. The highest BCUT2D eigenvalue weighted by atomic mass is 19.4. The number of hydrogen-bond donors (Lipinski definition) is 1. The Morgan fingerprint density at radius 3 is 2.52 bits per heavy atom. The summed E-state index contributed by atoms with van der Waals surface area (Å²) in [5, 5.41) is 11.9. The molecule has 0 saturated carbocycles. The molecule has 0 amide bonds. The van der Waals surface area contributed by atoms with Crippen molar-refractivity contribution in [3.63, 3.8) is 0 Å². The number of rotatable bonds is 3. The van der Waals surface area contributed by atoms with Gasteiger partial charge in [0.25, 0.3) is 0 Å². The number of anilines is 1. The first-order valence-electron chi connectivity index (χ1n) is 6.96. The summed E-state index contributed by atoms with van der Waals surface area (Å²) in [6, 6.07) is 5.57. The third-order valence-electron chi connectivity index (χ3n) is 3.90. The average Bonchev–Trinajstić information content (AvgIpc) is 2.47. The topological polar surface area (TPSA) is 39.1 Å². The Morgan fingerprint density at radius 2 is 2.00 bits per heavy atom. The second kappa shape index (κ2) is 6.35. The summed E-state index contributed by atoms with van der Waals surface area (Å²) < 4.78 is 38.9. The van der Waals surface area contributed by atoms with Crippen molar-refractivity contribution < 1.29 is 13.2 Å². The maximum absolute atomic E-state index is 13.0. The number of nitrogens with zero attached hydrogens (tertiary/aromatic N) is 2. The molecule has 1 aromatic rings. The molecule has 1 N–H and O–H groups in total. The van der Waals surface area contributed by atoms with Gasteiger partial charge in [-0.05, 0) is 50.6 Å². The Labute approximate surface area is 122 Å². The van der Waals surface area contributed by atoms with E-state index in [9.17, 15) is 13.2 Å². The molecule has 114 valence electrons. The Morgan fingerprint density at radius 1 is 1.33 bits per heavy atom. The van der Waals surface area contributed by atoms with Crippen molar-refractivity contribution in [2.45, 2.75) is 19.0 Å². The predicted molar refractivity (Wildman–Crippen MR) is 75.0 cm³/mol. The lowest BCUT2D eigenvalue weighted by molar-refractivity contribution is -0.137. The lowest BCUT2D eigenvalue weighted by Crippen LogP contribution is -2.36.